The van der Waals surface area contributed by atoms with E-state index in [0.29, 0.717) is 13.0 Å². The van der Waals surface area contributed by atoms with Gasteiger partial charge in [-0.25, -0.2) is 4.79 Å². The fourth-order valence-corrected chi connectivity index (χ4v) is 4.04. The van der Waals surface area contributed by atoms with Gasteiger partial charge < -0.3 is 20.5 Å². The molecular formula is C23H24N2O5. The predicted molar refractivity (Wildman–Crippen MR) is 110 cm³/mol. The van der Waals surface area contributed by atoms with Crippen LogP contribution in [0, 0.1) is 11.8 Å². The van der Waals surface area contributed by atoms with Gasteiger partial charge in [0.25, 0.3) is 0 Å². The van der Waals surface area contributed by atoms with E-state index in [1.54, 1.807) is 0 Å². The fourth-order valence-electron chi connectivity index (χ4n) is 4.04. The molecule has 2 aliphatic rings. The molecule has 2 aliphatic carbocycles. The Balaban J connectivity index is 1.27. The number of hydrogen-bond acceptors (Lipinski definition) is 4. The second-order valence-corrected chi connectivity index (χ2v) is 7.88. The van der Waals surface area contributed by atoms with Gasteiger partial charge in [-0.1, -0.05) is 48.5 Å². The Morgan fingerprint density at radius 1 is 1.07 bits per heavy atom. The standard InChI is InChI=1S/C23H24N2O5/c1-13(22(27)28)25-21(26)19-10-14(19)11-24-23(29)30-12-20-17-8-4-2-6-15(17)16-7-3-5-9-18(16)20/h2-9,13-14,19-20H,10-12H2,1H3,(H,24,29)(H,25,26)(H,27,28). The summed E-state index contributed by atoms with van der Waals surface area (Å²) in [6.07, 6.45) is 0.115. The molecule has 0 saturated heterocycles. The van der Waals surface area contributed by atoms with Crippen molar-refractivity contribution < 1.29 is 24.2 Å². The van der Waals surface area contributed by atoms with Gasteiger partial charge in [0.2, 0.25) is 5.91 Å². The van der Waals surface area contributed by atoms with E-state index in [-0.39, 0.29) is 30.3 Å². The zero-order chi connectivity index (χ0) is 21.3. The molecule has 2 aromatic carbocycles. The minimum Gasteiger partial charge on any atom is -0.480 e. The largest absolute Gasteiger partial charge is 0.480 e. The van der Waals surface area contributed by atoms with Crippen molar-refractivity contribution in [3.63, 3.8) is 0 Å². The van der Waals surface area contributed by atoms with Crippen LogP contribution >= 0.6 is 0 Å². The van der Waals surface area contributed by atoms with E-state index in [9.17, 15) is 14.4 Å². The third-order valence-corrected chi connectivity index (χ3v) is 5.84. The van der Waals surface area contributed by atoms with Gasteiger partial charge >= 0.3 is 12.1 Å². The number of ether oxygens (including phenoxy) is 1. The Kier molecular flexibility index (Phi) is 5.44. The Hall–Kier alpha value is -3.35. The van der Waals surface area contributed by atoms with Crippen LogP contribution in [0.25, 0.3) is 11.1 Å². The first-order valence-corrected chi connectivity index (χ1v) is 10.1. The molecular weight excluding hydrogens is 384 g/mol. The average molecular weight is 408 g/mol. The van der Waals surface area contributed by atoms with Crippen molar-refractivity contribution in [1.82, 2.24) is 10.6 Å². The Labute approximate surface area is 174 Å². The number of hydrogen-bond donors (Lipinski definition) is 3. The summed E-state index contributed by atoms with van der Waals surface area (Å²) in [6, 6.07) is 15.3. The quantitative estimate of drug-likeness (QED) is 0.653. The van der Waals surface area contributed by atoms with Gasteiger partial charge in [-0.15, -0.1) is 0 Å². The van der Waals surface area contributed by atoms with Crippen molar-refractivity contribution in [3.05, 3.63) is 59.7 Å². The molecule has 3 N–H and O–H groups in total. The number of carbonyl (C=O) groups excluding carboxylic acids is 2. The van der Waals surface area contributed by atoms with Crippen LogP contribution in [-0.2, 0) is 14.3 Å². The molecule has 0 aliphatic heterocycles. The highest BCUT2D eigenvalue weighted by molar-refractivity contribution is 5.86. The Morgan fingerprint density at radius 2 is 1.67 bits per heavy atom. The fraction of sp³-hybridized carbons (Fsp3) is 0.348. The normalized spacial score (nSPS) is 19.9. The van der Waals surface area contributed by atoms with Crippen molar-refractivity contribution >= 4 is 18.0 Å². The number of aliphatic carboxylic acids is 1. The van der Waals surface area contributed by atoms with Gasteiger partial charge in [-0.2, -0.15) is 0 Å². The number of carboxylic acid groups (broad SMARTS) is 1. The first-order chi connectivity index (χ1) is 14.5. The molecule has 0 heterocycles. The molecule has 156 valence electrons. The van der Waals surface area contributed by atoms with Crippen LogP contribution in [0.1, 0.15) is 30.4 Å². The number of carboxylic acids is 1. The van der Waals surface area contributed by atoms with Crippen LogP contribution in [-0.4, -0.2) is 42.3 Å². The van der Waals surface area contributed by atoms with Crippen molar-refractivity contribution in [2.75, 3.05) is 13.2 Å². The molecule has 2 amide bonds. The smallest absolute Gasteiger partial charge is 0.407 e. The van der Waals surface area contributed by atoms with E-state index in [0.717, 1.165) is 11.1 Å². The lowest BCUT2D eigenvalue weighted by Crippen LogP contribution is -2.39. The lowest BCUT2D eigenvalue weighted by Gasteiger charge is -2.14. The van der Waals surface area contributed by atoms with Crippen LogP contribution in [0.2, 0.25) is 0 Å². The number of rotatable bonds is 7. The summed E-state index contributed by atoms with van der Waals surface area (Å²) in [5, 5.41) is 14.0. The summed E-state index contributed by atoms with van der Waals surface area (Å²) in [7, 11) is 0. The van der Waals surface area contributed by atoms with Gasteiger partial charge in [0, 0.05) is 18.4 Å². The third kappa shape index (κ3) is 4.01. The molecule has 1 fully saturated rings. The summed E-state index contributed by atoms with van der Waals surface area (Å²) in [6.45, 7) is 1.99. The van der Waals surface area contributed by atoms with E-state index in [1.807, 2.05) is 24.3 Å². The highest BCUT2D eigenvalue weighted by Gasteiger charge is 2.43. The Bertz CT molecular complexity index is 944. The highest BCUT2D eigenvalue weighted by Crippen LogP contribution is 2.44. The number of benzene rings is 2. The van der Waals surface area contributed by atoms with Crippen LogP contribution < -0.4 is 10.6 Å². The van der Waals surface area contributed by atoms with Crippen LogP contribution in [0.4, 0.5) is 4.79 Å². The maximum Gasteiger partial charge on any atom is 0.407 e. The summed E-state index contributed by atoms with van der Waals surface area (Å²) in [5.41, 5.74) is 4.64. The molecule has 0 spiro atoms. The third-order valence-electron chi connectivity index (χ3n) is 5.84. The lowest BCUT2D eigenvalue weighted by atomic mass is 9.98. The van der Waals surface area contributed by atoms with Gasteiger partial charge in [-0.3, -0.25) is 9.59 Å². The van der Waals surface area contributed by atoms with Gasteiger partial charge in [0.15, 0.2) is 0 Å². The first kappa shape index (κ1) is 19.9. The van der Waals surface area contributed by atoms with Crippen molar-refractivity contribution in [3.8, 4) is 11.1 Å². The second kappa shape index (κ2) is 8.18. The predicted octanol–water partition coefficient (Wildman–Crippen LogP) is 2.75. The molecule has 7 nitrogen and oxygen atoms in total. The minimum atomic E-state index is -1.07. The number of carbonyl (C=O) groups is 3. The first-order valence-electron chi connectivity index (χ1n) is 10.1. The molecule has 30 heavy (non-hydrogen) atoms. The maximum atomic E-state index is 12.2. The number of amides is 2. The van der Waals surface area contributed by atoms with Crippen LogP contribution in [0.3, 0.4) is 0 Å². The molecule has 0 aromatic heterocycles. The number of fused-ring (bicyclic) bond motifs is 3. The van der Waals surface area contributed by atoms with E-state index in [2.05, 4.69) is 34.9 Å². The summed E-state index contributed by atoms with van der Waals surface area (Å²) in [5.74, 6) is -1.62. The van der Waals surface area contributed by atoms with E-state index >= 15 is 0 Å². The summed E-state index contributed by atoms with van der Waals surface area (Å²) >= 11 is 0. The number of nitrogens with one attached hydrogen (secondary N) is 2. The topological polar surface area (TPSA) is 105 Å². The van der Waals surface area contributed by atoms with Gasteiger partial charge in [-0.05, 0) is 41.5 Å². The van der Waals surface area contributed by atoms with Gasteiger partial charge in [0.05, 0.1) is 0 Å². The molecule has 1 saturated carbocycles. The molecule has 4 rings (SSSR count). The lowest BCUT2D eigenvalue weighted by molar-refractivity contribution is -0.141. The van der Waals surface area contributed by atoms with E-state index in [4.69, 9.17) is 9.84 Å². The van der Waals surface area contributed by atoms with Crippen LogP contribution in [0.5, 0.6) is 0 Å². The van der Waals surface area contributed by atoms with E-state index < -0.39 is 18.1 Å². The molecule has 3 atom stereocenters. The Morgan fingerprint density at radius 3 is 2.27 bits per heavy atom. The SMILES string of the molecule is CC(NC(=O)C1CC1CNC(=O)OCC1c2ccccc2-c2ccccc21)C(=O)O. The maximum absolute atomic E-state index is 12.2. The van der Waals surface area contributed by atoms with E-state index in [1.165, 1.54) is 18.1 Å². The summed E-state index contributed by atoms with van der Waals surface area (Å²) in [4.78, 5) is 35.0. The van der Waals surface area contributed by atoms with Crippen molar-refractivity contribution in [1.29, 1.82) is 0 Å². The zero-order valence-corrected chi connectivity index (χ0v) is 16.6. The molecule has 0 bridgehead atoms. The van der Waals surface area contributed by atoms with Gasteiger partial charge in [0.1, 0.15) is 12.6 Å². The minimum absolute atomic E-state index is 0.0000996. The number of alkyl carbamates (subject to hydrolysis) is 1. The average Bonchev–Trinajstić information content (AvgIpc) is 3.46. The molecule has 7 heteroatoms. The molecule has 0 radical (unpaired) electrons. The second-order valence-electron chi connectivity index (χ2n) is 7.88. The molecule has 3 unspecified atom stereocenters. The summed E-state index contributed by atoms with van der Waals surface area (Å²) < 4.78 is 5.48. The molecule has 2 aromatic rings. The van der Waals surface area contributed by atoms with Crippen molar-refractivity contribution in [2.45, 2.75) is 25.3 Å². The monoisotopic (exact) mass is 408 g/mol. The van der Waals surface area contributed by atoms with Crippen LogP contribution in [0.15, 0.2) is 48.5 Å². The highest BCUT2D eigenvalue weighted by atomic mass is 16.5. The van der Waals surface area contributed by atoms with Crippen molar-refractivity contribution in [2.24, 2.45) is 11.8 Å². The zero-order valence-electron chi connectivity index (χ0n) is 16.6.